The first-order chi connectivity index (χ1) is 15.6. The first kappa shape index (κ1) is 21.7. The lowest BCUT2D eigenvalue weighted by molar-refractivity contribution is -0.128. The molecule has 1 atom stereocenters. The molecule has 1 aliphatic heterocycles. The number of rotatable bonds is 7. The third-order valence-corrected chi connectivity index (χ3v) is 5.54. The topological polar surface area (TPSA) is 60.4 Å². The molecule has 0 saturated heterocycles. The van der Waals surface area contributed by atoms with Crippen LogP contribution in [0, 0.1) is 0 Å². The van der Waals surface area contributed by atoms with Crippen LogP contribution in [0.25, 0.3) is 0 Å². The number of oxime groups is 1. The van der Waals surface area contributed by atoms with Gasteiger partial charge in [-0.05, 0) is 23.8 Å². The van der Waals surface area contributed by atoms with Gasteiger partial charge in [-0.3, -0.25) is 4.79 Å². The van der Waals surface area contributed by atoms with E-state index in [9.17, 15) is 4.79 Å². The second kappa shape index (κ2) is 9.75. The molecule has 1 aliphatic rings. The minimum absolute atomic E-state index is 0.169. The van der Waals surface area contributed by atoms with E-state index >= 15 is 0 Å². The van der Waals surface area contributed by atoms with E-state index < -0.39 is 6.10 Å². The number of halogens is 1. The first-order valence-corrected chi connectivity index (χ1v) is 10.5. The molecule has 1 heterocycles. The van der Waals surface area contributed by atoms with E-state index in [0.717, 1.165) is 11.3 Å². The van der Waals surface area contributed by atoms with Crippen LogP contribution in [0.4, 0.5) is 5.69 Å². The van der Waals surface area contributed by atoms with Gasteiger partial charge in [0.15, 0.2) is 0 Å². The van der Waals surface area contributed by atoms with Crippen molar-refractivity contribution in [2.75, 3.05) is 19.1 Å². The smallest absolute Gasteiger partial charge is 0.271 e. The average Bonchev–Trinajstić information content (AvgIpc) is 3.33. The number of anilines is 1. The number of hydrogen-bond donors (Lipinski definition) is 0. The Morgan fingerprint density at radius 3 is 2.34 bits per heavy atom. The molecule has 0 bridgehead atoms. The average molecular weight is 451 g/mol. The highest BCUT2D eigenvalue weighted by molar-refractivity contribution is 6.32. The van der Waals surface area contributed by atoms with Crippen molar-refractivity contribution in [3.05, 3.63) is 88.9 Å². The minimum Gasteiger partial charge on any atom is -0.496 e. The Labute approximate surface area is 192 Å². The lowest BCUT2D eigenvalue weighted by atomic mass is 10.0. The van der Waals surface area contributed by atoms with Gasteiger partial charge in [0.1, 0.15) is 11.5 Å². The van der Waals surface area contributed by atoms with Gasteiger partial charge in [0.2, 0.25) is 6.10 Å². The Bertz CT molecular complexity index is 1120. The van der Waals surface area contributed by atoms with Crippen LogP contribution in [-0.4, -0.2) is 31.9 Å². The number of nitrogens with zero attached hydrogens (tertiary/aromatic N) is 2. The van der Waals surface area contributed by atoms with Gasteiger partial charge in [0, 0.05) is 23.7 Å². The molecule has 7 heteroatoms. The Morgan fingerprint density at radius 2 is 1.69 bits per heavy atom. The van der Waals surface area contributed by atoms with Gasteiger partial charge in [-0.1, -0.05) is 65.3 Å². The number of carbonyl (C=O) groups is 1. The number of benzene rings is 3. The van der Waals surface area contributed by atoms with Gasteiger partial charge < -0.3 is 19.2 Å². The molecule has 4 rings (SSSR count). The lowest BCUT2D eigenvalue weighted by Gasteiger charge is -2.25. The zero-order chi connectivity index (χ0) is 22.5. The Hall–Kier alpha value is -3.51. The van der Waals surface area contributed by atoms with E-state index in [4.69, 9.17) is 25.9 Å². The SMILES string of the molecule is COc1cc(OC)c(C2=NOC(C(=O)N(Cc3ccccc3)c3ccccc3)C2)cc1Cl. The van der Waals surface area contributed by atoms with Crippen LogP contribution in [0.15, 0.2) is 78.0 Å². The minimum atomic E-state index is -0.750. The third-order valence-electron chi connectivity index (χ3n) is 5.25. The molecule has 0 fully saturated rings. The summed E-state index contributed by atoms with van der Waals surface area (Å²) in [4.78, 5) is 20.8. The highest BCUT2D eigenvalue weighted by atomic mass is 35.5. The summed E-state index contributed by atoms with van der Waals surface area (Å²) in [6, 6.07) is 22.8. The Morgan fingerprint density at radius 1 is 1.03 bits per heavy atom. The summed E-state index contributed by atoms with van der Waals surface area (Å²) in [7, 11) is 3.10. The predicted molar refractivity (Wildman–Crippen MR) is 125 cm³/mol. The maximum Gasteiger partial charge on any atom is 0.271 e. The molecule has 3 aromatic rings. The molecule has 0 aliphatic carbocycles. The number of amides is 1. The van der Waals surface area contributed by atoms with E-state index in [2.05, 4.69) is 5.16 Å². The van der Waals surface area contributed by atoms with Crippen LogP contribution in [-0.2, 0) is 16.2 Å². The van der Waals surface area contributed by atoms with Crippen LogP contribution in [0.2, 0.25) is 5.02 Å². The molecule has 0 N–H and O–H groups in total. The summed E-state index contributed by atoms with van der Waals surface area (Å²) < 4.78 is 10.7. The zero-order valence-electron chi connectivity index (χ0n) is 17.8. The van der Waals surface area contributed by atoms with Gasteiger partial charge in [-0.2, -0.15) is 0 Å². The second-order valence-corrected chi connectivity index (χ2v) is 7.68. The van der Waals surface area contributed by atoms with E-state index in [1.807, 2.05) is 60.7 Å². The maximum absolute atomic E-state index is 13.5. The third kappa shape index (κ3) is 4.55. The monoisotopic (exact) mass is 450 g/mol. The first-order valence-electron chi connectivity index (χ1n) is 10.2. The van der Waals surface area contributed by atoms with Crippen LogP contribution in [0.1, 0.15) is 17.5 Å². The van der Waals surface area contributed by atoms with E-state index in [1.165, 1.54) is 7.11 Å². The molecule has 1 unspecified atom stereocenters. The van der Waals surface area contributed by atoms with Gasteiger partial charge in [0.05, 0.1) is 31.5 Å². The summed E-state index contributed by atoms with van der Waals surface area (Å²) in [6.45, 7) is 0.427. The van der Waals surface area contributed by atoms with Gasteiger partial charge in [0.25, 0.3) is 5.91 Å². The van der Waals surface area contributed by atoms with E-state index in [1.54, 1.807) is 24.1 Å². The molecule has 3 aromatic carbocycles. The molecule has 32 heavy (non-hydrogen) atoms. The summed E-state index contributed by atoms with van der Waals surface area (Å²) in [6.07, 6.45) is -0.449. The van der Waals surface area contributed by atoms with Gasteiger partial charge in [-0.25, -0.2) is 0 Å². The number of ether oxygens (including phenoxy) is 2. The van der Waals surface area contributed by atoms with Crippen molar-refractivity contribution in [2.24, 2.45) is 5.16 Å². The van der Waals surface area contributed by atoms with Gasteiger partial charge in [-0.15, -0.1) is 0 Å². The van der Waals surface area contributed by atoms with Crippen LogP contribution in [0.5, 0.6) is 11.5 Å². The molecule has 1 amide bonds. The van der Waals surface area contributed by atoms with Gasteiger partial charge >= 0.3 is 0 Å². The summed E-state index contributed by atoms with van der Waals surface area (Å²) in [5, 5.41) is 4.61. The second-order valence-electron chi connectivity index (χ2n) is 7.27. The van der Waals surface area contributed by atoms with Crippen molar-refractivity contribution in [2.45, 2.75) is 19.1 Å². The largest absolute Gasteiger partial charge is 0.496 e. The number of carbonyl (C=O) groups excluding carboxylic acids is 1. The molecular weight excluding hydrogens is 428 g/mol. The molecule has 164 valence electrons. The molecule has 0 aromatic heterocycles. The van der Waals surface area contributed by atoms with E-state index in [0.29, 0.717) is 40.8 Å². The summed E-state index contributed by atoms with van der Waals surface area (Å²) >= 11 is 6.31. The van der Waals surface area contributed by atoms with Crippen molar-refractivity contribution in [3.63, 3.8) is 0 Å². The summed E-state index contributed by atoms with van der Waals surface area (Å²) in [5.74, 6) is 0.876. The normalized spacial score (nSPS) is 15.0. The van der Waals surface area contributed by atoms with Crippen molar-refractivity contribution in [3.8, 4) is 11.5 Å². The van der Waals surface area contributed by atoms with Crippen LogP contribution < -0.4 is 14.4 Å². The van der Waals surface area contributed by atoms with Crippen molar-refractivity contribution < 1.29 is 19.1 Å². The quantitative estimate of drug-likeness (QED) is 0.503. The standard InChI is InChI=1S/C25H23ClN2O4/c1-30-22-15-23(31-2)20(26)13-19(22)21-14-24(32-27-21)25(29)28(18-11-7-4-8-12-18)16-17-9-5-3-6-10-17/h3-13,15,24H,14,16H2,1-2H3. The van der Waals surface area contributed by atoms with Crippen molar-refractivity contribution in [1.82, 2.24) is 0 Å². The van der Waals surface area contributed by atoms with Crippen LogP contribution in [0.3, 0.4) is 0 Å². The highest BCUT2D eigenvalue weighted by Gasteiger charge is 2.34. The zero-order valence-corrected chi connectivity index (χ0v) is 18.6. The summed E-state index contributed by atoms with van der Waals surface area (Å²) in [5.41, 5.74) is 3.08. The van der Waals surface area contributed by atoms with Crippen molar-refractivity contribution in [1.29, 1.82) is 0 Å². The van der Waals surface area contributed by atoms with Crippen molar-refractivity contribution >= 4 is 28.9 Å². The van der Waals surface area contributed by atoms with E-state index in [-0.39, 0.29) is 5.91 Å². The predicted octanol–water partition coefficient (Wildman–Crippen LogP) is 5.08. The fourth-order valence-electron chi connectivity index (χ4n) is 3.60. The number of methoxy groups -OCH3 is 2. The molecule has 0 saturated carbocycles. The maximum atomic E-state index is 13.5. The highest BCUT2D eigenvalue weighted by Crippen LogP contribution is 2.35. The number of hydrogen-bond acceptors (Lipinski definition) is 5. The molecule has 0 radical (unpaired) electrons. The van der Waals surface area contributed by atoms with Crippen LogP contribution >= 0.6 is 11.6 Å². The number of para-hydroxylation sites is 1. The fourth-order valence-corrected chi connectivity index (χ4v) is 3.84. The molecule has 6 nitrogen and oxygen atoms in total. The molecular formula is C25H23ClN2O4. The molecule has 0 spiro atoms. The lowest BCUT2D eigenvalue weighted by Crippen LogP contribution is -2.39. The Kier molecular flexibility index (Phi) is 6.61. The Balaban J connectivity index is 1.57. The fraction of sp³-hybridized carbons (Fsp3) is 0.200.